The molecule has 2 rings (SSSR count). The fraction of sp³-hybridized carbons (Fsp3) is 0.632. The maximum absolute atomic E-state index is 13.0. The van der Waals surface area contributed by atoms with E-state index in [2.05, 4.69) is 26.0 Å². The van der Waals surface area contributed by atoms with E-state index < -0.39 is 0 Å². The van der Waals surface area contributed by atoms with Crippen molar-refractivity contribution in [3.05, 3.63) is 34.9 Å². The van der Waals surface area contributed by atoms with Crippen LogP contribution in [0, 0.1) is 0 Å². The van der Waals surface area contributed by atoms with Crippen LogP contribution in [0.5, 0.6) is 0 Å². The molecule has 1 amide bonds. The maximum atomic E-state index is 13.0. The molecular formula is C19H29NO2. The molecule has 0 aromatic heterocycles. The molecule has 0 fully saturated rings. The second-order valence-corrected chi connectivity index (χ2v) is 6.15. The summed E-state index contributed by atoms with van der Waals surface area (Å²) in [5.41, 5.74) is 3.63. The number of hydrogen-bond acceptors (Lipinski definition) is 2. The van der Waals surface area contributed by atoms with Gasteiger partial charge in [0.15, 0.2) is 0 Å². The van der Waals surface area contributed by atoms with Gasteiger partial charge in [0.1, 0.15) is 0 Å². The number of carbonyl (C=O) groups excluding carboxylic acids is 1. The van der Waals surface area contributed by atoms with Gasteiger partial charge in [0.25, 0.3) is 5.91 Å². The lowest BCUT2D eigenvalue weighted by atomic mass is 9.90. The van der Waals surface area contributed by atoms with Crippen LogP contribution in [-0.4, -0.2) is 37.1 Å². The molecule has 1 aliphatic carbocycles. The van der Waals surface area contributed by atoms with Crippen LogP contribution in [0.3, 0.4) is 0 Å². The summed E-state index contributed by atoms with van der Waals surface area (Å²) in [4.78, 5) is 15.0. The minimum Gasteiger partial charge on any atom is -0.383 e. The molecule has 0 saturated heterocycles. The van der Waals surface area contributed by atoms with E-state index in [0.717, 1.165) is 31.2 Å². The van der Waals surface area contributed by atoms with E-state index in [1.54, 1.807) is 7.11 Å². The summed E-state index contributed by atoms with van der Waals surface area (Å²) in [5, 5.41) is 0. The van der Waals surface area contributed by atoms with Gasteiger partial charge < -0.3 is 9.64 Å². The van der Waals surface area contributed by atoms with E-state index >= 15 is 0 Å². The van der Waals surface area contributed by atoms with E-state index in [1.807, 2.05) is 11.0 Å². The Morgan fingerprint density at radius 3 is 2.50 bits per heavy atom. The summed E-state index contributed by atoms with van der Waals surface area (Å²) in [6.07, 6.45) is 6.75. The number of carbonyl (C=O) groups is 1. The summed E-state index contributed by atoms with van der Waals surface area (Å²) in [7, 11) is 1.69. The third-order valence-electron chi connectivity index (χ3n) is 4.78. The number of methoxy groups -OCH3 is 1. The predicted molar refractivity (Wildman–Crippen MR) is 90.4 cm³/mol. The Kier molecular flexibility index (Phi) is 6.44. The van der Waals surface area contributed by atoms with Gasteiger partial charge in [-0.3, -0.25) is 4.79 Å². The van der Waals surface area contributed by atoms with E-state index in [1.165, 1.54) is 24.0 Å². The van der Waals surface area contributed by atoms with Crippen LogP contribution < -0.4 is 0 Å². The molecule has 0 radical (unpaired) electrons. The van der Waals surface area contributed by atoms with Gasteiger partial charge in [-0.2, -0.15) is 0 Å². The average molecular weight is 303 g/mol. The van der Waals surface area contributed by atoms with Crippen LogP contribution >= 0.6 is 0 Å². The molecule has 3 nitrogen and oxygen atoms in total. The van der Waals surface area contributed by atoms with E-state index in [-0.39, 0.29) is 5.91 Å². The zero-order valence-corrected chi connectivity index (χ0v) is 14.2. The molecule has 0 bridgehead atoms. The Balaban J connectivity index is 2.21. The van der Waals surface area contributed by atoms with Gasteiger partial charge in [-0.1, -0.05) is 19.9 Å². The first-order chi connectivity index (χ1) is 10.7. The van der Waals surface area contributed by atoms with Crippen molar-refractivity contribution in [1.29, 1.82) is 0 Å². The van der Waals surface area contributed by atoms with E-state index in [0.29, 0.717) is 19.2 Å². The minimum absolute atomic E-state index is 0.152. The first-order valence-corrected chi connectivity index (χ1v) is 8.62. The molecule has 0 saturated carbocycles. The van der Waals surface area contributed by atoms with Crippen LogP contribution in [0.15, 0.2) is 18.2 Å². The van der Waals surface area contributed by atoms with Gasteiger partial charge in [0, 0.05) is 25.3 Å². The summed E-state index contributed by atoms with van der Waals surface area (Å²) >= 11 is 0. The molecule has 0 heterocycles. The Hall–Kier alpha value is -1.35. The second kappa shape index (κ2) is 8.33. The van der Waals surface area contributed by atoms with E-state index in [9.17, 15) is 4.79 Å². The van der Waals surface area contributed by atoms with Crippen LogP contribution in [0.25, 0.3) is 0 Å². The fourth-order valence-electron chi connectivity index (χ4n) is 3.40. The average Bonchev–Trinajstić information content (AvgIpc) is 2.57. The lowest BCUT2D eigenvalue weighted by Crippen LogP contribution is -2.41. The van der Waals surface area contributed by atoms with Crippen molar-refractivity contribution in [2.45, 2.75) is 58.4 Å². The number of rotatable bonds is 7. The Morgan fingerprint density at radius 1 is 1.18 bits per heavy atom. The Bertz CT molecular complexity index is 494. The van der Waals surface area contributed by atoms with E-state index in [4.69, 9.17) is 4.74 Å². The zero-order chi connectivity index (χ0) is 15.9. The molecule has 0 atom stereocenters. The molecule has 122 valence electrons. The zero-order valence-electron chi connectivity index (χ0n) is 14.2. The lowest BCUT2D eigenvalue weighted by Gasteiger charge is -2.31. The first-order valence-electron chi connectivity index (χ1n) is 8.62. The van der Waals surface area contributed by atoms with Gasteiger partial charge in [0.2, 0.25) is 0 Å². The highest BCUT2D eigenvalue weighted by molar-refractivity contribution is 5.94. The molecule has 0 N–H and O–H groups in total. The summed E-state index contributed by atoms with van der Waals surface area (Å²) in [6, 6.07) is 6.58. The van der Waals surface area contributed by atoms with Crippen LogP contribution in [0.2, 0.25) is 0 Å². The highest BCUT2D eigenvalue weighted by Gasteiger charge is 2.23. The number of amides is 1. The monoisotopic (exact) mass is 303 g/mol. The highest BCUT2D eigenvalue weighted by atomic mass is 16.5. The summed E-state index contributed by atoms with van der Waals surface area (Å²) in [5.74, 6) is 0.152. The third kappa shape index (κ3) is 3.89. The smallest absolute Gasteiger partial charge is 0.254 e. The highest BCUT2D eigenvalue weighted by Crippen LogP contribution is 2.23. The minimum atomic E-state index is 0.152. The molecule has 1 aliphatic rings. The lowest BCUT2D eigenvalue weighted by molar-refractivity contribution is 0.0589. The molecule has 0 spiro atoms. The van der Waals surface area contributed by atoms with Crippen LogP contribution in [0.1, 0.15) is 61.0 Å². The van der Waals surface area contributed by atoms with Crippen molar-refractivity contribution in [2.24, 2.45) is 0 Å². The third-order valence-corrected chi connectivity index (χ3v) is 4.78. The molecule has 22 heavy (non-hydrogen) atoms. The van der Waals surface area contributed by atoms with Gasteiger partial charge in [-0.25, -0.2) is 0 Å². The fourth-order valence-corrected chi connectivity index (χ4v) is 3.40. The molecule has 0 aliphatic heterocycles. The maximum Gasteiger partial charge on any atom is 0.254 e. The number of nitrogens with zero attached hydrogens (tertiary/aromatic N) is 1. The molecular weight excluding hydrogens is 274 g/mol. The number of benzene rings is 1. The normalized spacial score (nSPS) is 14.0. The number of aryl methyl sites for hydroxylation is 2. The number of fused-ring (bicyclic) bond motifs is 1. The van der Waals surface area contributed by atoms with Gasteiger partial charge >= 0.3 is 0 Å². The van der Waals surface area contributed by atoms with Crippen LogP contribution in [0.4, 0.5) is 0 Å². The van der Waals surface area contributed by atoms with Gasteiger partial charge in [-0.05, 0) is 61.8 Å². The topological polar surface area (TPSA) is 29.5 Å². The molecule has 3 heteroatoms. The quantitative estimate of drug-likeness (QED) is 0.766. The second-order valence-electron chi connectivity index (χ2n) is 6.15. The predicted octanol–water partition coefficient (Wildman–Crippen LogP) is 3.84. The largest absolute Gasteiger partial charge is 0.383 e. The number of ether oxygens (including phenoxy) is 1. The van der Waals surface area contributed by atoms with Crippen molar-refractivity contribution < 1.29 is 9.53 Å². The van der Waals surface area contributed by atoms with Gasteiger partial charge in [-0.15, -0.1) is 0 Å². The van der Waals surface area contributed by atoms with Crippen molar-refractivity contribution in [1.82, 2.24) is 4.90 Å². The van der Waals surface area contributed by atoms with Crippen LogP contribution in [-0.2, 0) is 17.6 Å². The molecule has 1 aromatic carbocycles. The van der Waals surface area contributed by atoms with Crippen molar-refractivity contribution in [3.8, 4) is 0 Å². The van der Waals surface area contributed by atoms with Gasteiger partial charge in [0.05, 0.1) is 6.61 Å². The molecule has 0 unspecified atom stereocenters. The SMILES string of the molecule is CCC(CC)N(CCOC)C(=O)c1ccc2c(c1)CCCC2. The summed E-state index contributed by atoms with van der Waals surface area (Å²) in [6.45, 7) is 5.55. The first kappa shape index (κ1) is 17.0. The Labute approximate surface area is 134 Å². The standard InChI is InChI=1S/C19H29NO2/c1-4-18(5-2)20(12-13-22-3)19(21)17-11-10-15-8-6-7-9-16(15)14-17/h10-11,14,18H,4-9,12-13H2,1-3H3. The van der Waals surface area contributed by atoms with Crippen molar-refractivity contribution in [3.63, 3.8) is 0 Å². The number of hydrogen-bond donors (Lipinski definition) is 0. The summed E-state index contributed by atoms with van der Waals surface area (Å²) < 4.78 is 5.19. The van der Waals surface area contributed by atoms with Crippen molar-refractivity contribution >= 4 is 5.91 Å². The molecule has 1 aromatic rings. The van der Waals surface area contributed by atoms with Crippen molar-refractivity contribution in [2.75, 3.05) is 20.3 Å². The Morgan fingerprint density at radius 2 is 1.86 bits per heavy atom.